The average Bonchev–Trinajstić information content (AvgIpc) is 3.67. The van der Waals surface area contributed by atoms with Crippen LogP contribution >= 0.6 is 0 Å². The van der Waals surface area contributed by atoms with Crippen molar-refractivity contribution in [1.82, 2.24) is 0 Å². The highest BCUT2D eigenvalue weighted by molar-refractivity contribution is 6.18. The van der Waals surface area contributed by atoms with Crippen molar-refractivity contribution in [3.63, 3.8) is 0 Å². The van der Waals surface area contributed by atoms with Crippen LogP contribution < -0.4 is 28.4 Å². The molecule has 226 valence electrons. The molecule has 4 aromatic rings. The first-order valence-corrected chi connectivity index (χ1v) is 14.6. The van der Waals surface area contributed by atoms with Gasteiger partial charge in [0.25, 0.3) is 0 Å². The minimum atomic E-state index is -0.433. The van der Waals surface area contributed by atoms with Gasteiger partial charge in [-0.2, -0.15) is 0 Å². The highest BCUT2D eigenvalue weighted by Crippen LogP contribution is 2.53. The number of methoxy groups -OCH3 is 2. The molecule has 1 unspecified atom stereocenters. The van der Waals surface area contributed by atoms with Crippen LogP contribution in [0.5, 0.6) is 34.5 Å². The Morgan fingerprint density at radius 3 is 2.30 bits per heavy atom. The first-order valence-electron chi connectivity index (χ1n) is 14.6. The van der Waals surface area contributed by atoms with Crippen LogP contribution in [0.1, 0.15) is 51.9 Å². The zero-order chi connectivity index (χ0) is 30.6. The fourth-order valence-corrected chi connectivity index (χ4v) is 5.74. The monoisotopic (exact) mass is 594 g/mol. The third-order valence-corrected chi connectivity index (χ3v) is 7.77. The van der Waals surface area contributed by atoms with E-state index in [9.17, 15) is 9.90 Å². The predicted octanol–water partition coefficient (Wildman–Crippen LogP) is 6.42. The van der Waals surface area contributed by atoms with Gasteiger partial charge in [-0.3, -0.25) is 4.79 Å². The summed E-state index contributed by atoms with van der Waals surface area (Å²) in [4.78, 5) is 14.7. The number of carbonyl (C=O) groups excluding carboxylic acids is 1. The van der Waals surface area contributed by atoms with E-state index in [0.717, 1.165) is 28.7 Å². The van der Waals surface area contributed by atoms with E-state index < -0.39 is 5.92 Å². The molecule has 2 aliphatic rings. The van der Waals surface area contributed by atoms with E-state index in [1.54, 1.807) is 44.6 Å². The van der Waals surface area contributed by atoms with Crippen molar-refractivity contribution in [2.24, 2.45) is 0 Å². The minimum absolute atomic E-state index is 0.0767. The highest BCUT2D eigenvalue weighted by Gasteiger charge is 2.39. The first kappa shape index (κ1) is 29.1. The Bertz CT molecular complexity index is 1710. The van der Waals surface area contributed by atoms with Crippen LogP contribution in [0.15, 0.2) is 84.4 Å². The van der Waals surface area contributed by atoms with Gasteiger partial charge in [-0.15, -0.1) is 0 Å². The van der Waals surface area contributed by atoms with Crippen molar-refractivity contribution in [3.05, 3.63) is 112 Å². The van der Waals surface area contributed by atoms with Crippen molar-refractivity contribution < 1.29 is 38.3 Å². The summed E-state index contributed by atoms with van der Waals surface area (Å²) in [6, 6.07) is 24.4. The fourth-order valence-electron chi connectivity index (χ4n) is 5.74. The second-order valence-electron chi connectivity index (χ2n) is 10.4. The summed E-state index contributed by atoms with van der Waals surface area (Å²) >= 11 is 0. The maximum absolute atomic E-state index is 14.7. The molecule has 0 spiro atoms. The topological polar surface area (TPSA) is 92.7 Å². The van der Waals surface area contributed by atoms with Gasteiger partial charge in [0, 0.05) is 34.3 Å². The number of aliphatic hydroxyl groups excluding tert-OH is 1. The van der Waals surface area contributed by atoms with Crippen molar-refractivity contribution in [2.45, 2.75) is 19.3 Å². The number of allylic oxidation sites excluding steroid dienone is 1. The molecule has 0 saturated heterocycles. The number of ether oxygens (including phenoxy) is 6. The largest absolute Gasteiger partial charge is 0.497 e. The number of benzene rings is 4. The Hall–Kier alpha value is -4.95. The van der Waals surface area contributed by atoms with E-state index in [-0.39, 0.29) is 25.8 Å². The molecule has 1 N–H and O–H groups in total. The van der Waals surface area contributed by atoms with Gasteiger partial charge in [0.15, 0.2) is 17.3 Å². The smallest absolute Gasteiger partial charge is 0.231 e. The van der Waals surface area contributed by atoms with Crippen LogP contribution in [0, 0.1) is 0 Å². The number of fused-ring (bicyclic) bond motifs is 2. The molecular formula is C36H34O8. The molecule has 8 heteroatoms. The highest BCUT2D eigenvalue weighted by atomic mass is 16.7. The third-order valence-electron chi connectivity index (χ3n) is 7.77. The molecule has 1 aliphatic carbocycles. The van der Waals surface area contributed by atoms with Gasteiger partial charge >= 0.3 is 0 Å². The molecule has 0 fully saturated rings. The maximum Gasteiger partial charge on any atom is 0.231 e. The number of aliphatic hydroxyl groups is 1. The predicted molar refractivity (Wildman–Crippen MR) is 166 cm³/mol. The van der Waals surface area contributed by atoms with E-state index in [1.807, 2.05) is 48.5 Å². The summed E-state index contributed by atoms with van der Waals surface area (Å²) in [5.74, 6) is 3.17. The molecule has 1 heterocycles. The van der Waals surface area contributed by atoms with E-state index in [0.29, 0.717) is 57.8 Å². The molecule has 1 atom stereocenters. The summed E-state index contributed by atoms with van der Waals surface area (Å²) in [6.07, 6.45) is 0.860. The number of Topliss-reactive ketones (excluding diaryl/α,β-unsaturated/α-hetero) is 1. The van der Waals surface area contributed by atoms with Gasteiger partial charge in [-0.25, -0.2) is 0 Å². The van der Waals surface area contributed by atoms with E-state index in [2.05, 4.69) is 6.92 Å². The third kappa shape index (κ3) is 5.44. The second-order valence-corrected chi connectivity index (χ2v) is 10.4. The minimum Gasteiger partial charge on any atom is -0.497 e. The van der Waals surface area contributed by atoms with E-state index >= 15 is 0 Å². The molecule has 0 aromatic heterocycles. The van der Waals surface area contributed by atoms with Crippen molar-refractivity contribution in [2.75, 3.05) is 40.8 Å². The quantitative estimate of drug-likeness (QED) is 0.188. The van der Waals surface area contributed by atoms with Crippen LogP contribution in [-0.2, 0) is 0 Å². The normalized spacial score (nSPS) is 14.8. The molecule has 0 saturated carbocycles. The Morgan fingerprint density at radius 2 is 1.55 bits per heavy atom. The summed E-state index contributed by atoms with van der Waals surface area (Å²) in [5.41, 5.74) is 5.21. The Kier molecular flexibility index (Phi) is 8.43. The molecule has 0 radical (unpaired) electrons. The standard InChI is InChI=1S/C36H34O8/c1-4-16-41-26-11-12-27-29(19-26)34(28-13-10-25(40-3)20-31(28)42-17-15-37)35(36(38)22-5-8-24(39-2)9-6-22)33(27)23-7-14-30-32(18-23)44-21-43-30/h5-14,18-20,33,37H,4,15-17,21H2,1-3H3. The van der Waals surface area contributed by atoms with Crippen LogP contribution in [0.25, 0.3) is 5.57 Å². The van der Waals surface area contributed by atoms with Gasteiger partial charge in [-0.1, -0.05) is 19.1 Å². The molecule has 8 nitrogen and oxygen atoms in total. The van der Waals surface area contributed by atoms with E-state index in [4.69, 9.17) is 28.4 Å². The molecule has 6 rings (SSSR count). The molecule has 1 aliphatic heterocycles. The van der Waals surface area contributed by atoms with Gasteiger partial charge in [-0.05, 0) is 83.8 Å². The van der Waals surface area contributed by atoms with Gasteiger partial charge in [0.1, 0.15) is 29.6 Å². The van der Waals surface area contributed by atoms with E-state index in [1.165, 1.54) is 0 Å². The fraction of sp³-hybridized carbons (Fsp3) is 0.250. The van der Waals surface area contributed by atoms with Crippen LogP contribution in [0.3, 0.4) is 0 Å². The number of hydrogen-bond acceptors (Lipinski definition) is 8. The number of carbonyl (C=O) groups is 1. The van der Waals surface area contributed by atoms with Crippen molar-refractivity contribution >= 4 is 11.4 Å². The van der Waals surface area contributed by atoms with Gasteiger partial charge in [0.05, 0.1) is 27.4 Å². The maximum atomic E-state index is 14.7. The van der Waals surface area contributed by atoms with Gasteiger partial charge in [0.2, 0.25) is 6.79 Å². The molecule has 44 heavy (non-hydrogen) atoms. The SMILES string of the molecule is CCCOc1ccc2c(c1)C(c1ccc(OC)cc1OCCO)=C(C(=O)c1ccc(OC)cc1)C2c1ccc2c(c1)OCO2. The van der Waals surface area contributed by atoms with Crippen LogP contribution in [0.2, 0.25) is 0 Å². The average molecular weight is 595 g/mol. The molecule has 0 bridgehead atoms. The lowest BCUT2D eigenvalue weighted by atomic mass is 9.84. The summed E-state index contributed by atoms with van der Waals surface area (Å²) < 4.78 is 34.3. The summed E-state index contributed by atoms with van der Waals surface area (Å²) in [7, 11) is 3.18. The summed E-state index contributed by atoms with van der Waals surface area (Å²) in [5, 5.41) is 9.61. The Morgan fingerprint density at radius 1 is 0.795 bits per heavy atom. The zero-order valence-electron chi connectivity index (χ0n) is 24.9. The lowest BCUT2D eigenvalue weighted by Gasteiger charge is -2.19. The number of rotatable bonds is 12. The molecule has 0 amide bonds. The number of ketones is 1. The summed E-state index contributed by atoms with van der Waals surface area (Å²) in [6.45, 7) is 2.68. The lowest BCUT2D eigenvalue weighted by molar-refractivity contribution is 0.103. The Labute approximate surface area is 256 Å². The molecule has 4 aromatic carbocycles. The zero-order valence-corrected chi connectivity index (χ0v) is 24.9. The van der Waals surface area contributed by atoms with Gasteiger partial charge < -0.3 is 33.5 Å². The number of hydrogen-bond donors (Lipinski definition) is 1. The van der Waals surface area contributed by atoms with Crippen molar-refractivity contribution in [1.29, 1.82) is 0 Å². The Balaban J connectivity index is 1.63. The first-order chi connectivity index (χ1) is 21.6. The lowest BCUT2D eigenvalue weighted by Crippen LogP contribution is -2.12. The molecular weight excluding hydrogens is 560 g/mol. The second kappa shape index (κ2) is 12.7. The van der Waals surface area contributed by atoms with Crippen molar-refractivity contribution in [3.8, 4) is 34.5 Å². The van der Waals surface area contributed by atoms with Crippen LogP contribution in [0.4, 0.5) is 0 Å². The van der Waals surface area contributed by atoms with Crippen LogP contribution in [-0.4, -0.2) is 51.7 Å².